The molecule has 2 aromatic rings. The summed E-state index contributed by atoms with van der Waals surface area (Å²) in [5.74, 6) is 0.0158. The van der Waals surface area contributed by atoms with Crippen LogP contribution in [0.25, 0.3) is 0 Å². The molecule has 29 heavy (non-hydrogen) atoms. The summed E-state index contributed by atoms with van der Waals surface area (Å²) in [6, 6.07) is 14.9. The van der Waals surface area contributed by atoms with Crippen LogP contribution in [0.5, 0.6) is 0 Å². The molecule has 1 amide bonds. The summed E-state index contributed by atoms with van der Waals surface area (Å²) >= 11 is 0. The summed E-state index contributed by atoms with van der Waals surface area (Å²) in [7, 11) is -1.60. The number of anilines is 1. The van der Waals surface area contributed by atoms with Crippen molar-refractivity contribution in [1.29, 1.82) is 0 Å². The van der Waals surface area contributed by atoms with E-state index >= 15 is 0 Å². The van der Waals surface area contributed by atoms with Gasteiger partial charge in [0.25, 0.3) is 5.91 Å². The molecule has 0 aromatic heterocycles. The zero-order valence-corrected chi connectivity index (χ0v) is 18.4. The van der Waals surface area contributed by atoms with Crippen molar-refractivity contribution in [3.05, 3.63) is 59.9 Å². The highest BCUT2D eigenvalue weighted by Crippen LogP contribution is 2.19. The molecule has 2 heterocycles. The number of piperazine rings is 1. The molecule has 154 valence electrons. The third-order valence-corrected chi connectivity index (χ3v) is 9.29. The number of fused-ring (bicyclic) bond motifs is 1. The Kier molecular flexibility index (Phi) is 5.74. The normalized spacial score (nSPS) is 19.3. The van der Waals surface area contributed by atoms with Crippen LogP contribution in [-0.2, 0) is 0 Å². The van der Waals surface area contributed by atoms with Crippen LogP contribution in [0.15, 0.2) is 48.5 Å². The number of benzene rings is 2. The van der Waals surface area contributed by atoms with Gasteiger partial charge in [0.05, 0.1) is 0 Å². The van der Waals surface area contributed by atoms with Crippen molar-refractivity contribution >= 4 is 24.9 Å². The number of nitrogens with zero attached hydrogens (tertiary/aromatic N) is 3. The van der Waals surface area contributed by atoms with Crippen LogP contribution in [0.2, 0.25) is 13.1 Å². The molecule has 0 bridgehead atoms. The topological polar surface area (TPSA) is 26.8 Å². The molecule has 0 aliphatic carbocycles. The number of amides is 1. The molecule has 2 aromatic carbocycles. The minimum atomic E-state index is -1.60. The fourth-order valence-corrected chi connectivity index (χ4v) is 7.50. The maximum Gasteiger partial charge on any atom is 0.253 e. The third kappa shape index (κ3) is 4.38. The van der Waals surface area contributed by atoms with Gasteiger partial charge in [0.2, 0.25) is 0 Å². The smallest absolute Gasteiger partial charge is 0.253 e. The summed E-state index contributed by atoms with van der Waals surface area (Å²) in [5, 5.41) is 1.30. The number of rotatable bonds is 5. The Morgan fingerprint density at radius 1 is 0.931 bits per heavy atom. The number of carbonyl (C=O) groups excluding carboxylic acids is 1. The first kappa shape index (κ1) is 20.1. The molecular formula is C23H30FN3OSi. The Morgan fingerprint density at radius 3 is 2.34 bits per heavy atom. The molecule has 0 spiro atoms. The number of carbonyl (C=O) groups is 1. The van der Waals surface area contributed by atoms with E-state index in [1.807, 2.05) is 24.3 Å². The van der Waals surface area contributed by atoms with Crippen LogP contribution in [0.4, 0.5) is 10.1 Å². The van der Waals surface area contributed by atoms with Crippen LogP contribution >= 0.6 is 0 Å². The second-order valence-electron chi connectivity index (χ2n) is 8.81. The van der Waals surface area contributed by atoms with E-state index in [4.69, 9.17) is 0 Å². The van der Waals surface area contributed by atoms with Gasteiger partial charge in [-0.3, -0.25) is 9.69 Å². The monoisotopic (exact) mass is 411 g/mol. The molecular weight excluding hydrogens is 381 g/mol. The van der Waals surface area contributed by atoms with Crippen LogP contribution < -0.4 is 10.1 Å². The van der Waals surface area contributed by atoms with E-state index < -0.39 is 8.07 Å². The van der Waals surface area contributed by atoms with E-state index in [1.54, 1.807) is 0 Å². The van der Waals surface area contributed by atoms with E-state index in [1.165, 1.54) is 17.3 Å². The Labute approximate surface area is 173 Å². The fourth-order valence-electron chi connectivity index (χ4n) is 4.61. The summed E-state index contributed by atoms with van der Waals surface area (Å²) in [5.41, 5.74) is 2.01. The number of hydrogen-bond donors (Lipinski definition) is 0. The van der Waals surface area contributed by atoms with Crippen molar-refractivity contribution in [3.63, 3.8) is 0 Å². The lowest BCUT2D eigenvalue weighted by Crippen LogP contribution is -2.60. The summed E-state index contributed by atoms with van der Waals surface area (Å²) < 4.78 is 13.1. The molecule has 6 heteroatoms. The highest BCUT2D eigenvalue weighted by atomic mass is 28.3. The third-order valence-electron chi connectivity index (χ3n) is 6.23. The fraction of sp³-hybridized carbons (Fsp3) is 0.435. The molecule has 0 N–H and O–H groups in total. The summed E-state index contributed by atoms with van der Waals surface area (Å²) in [4.78, 5) is 19.8. The lowest BCUT2D eigenvalue weighted by Gasteiger charge is -2.39. The molecule has 0 unspecified atom stereocenters. The van der Waals surface area contributed by atoms with Crippen molar-refractivity contribution in [2.75, 3.05) is 50.3 Å². The van der Waals surface area contributed by atoms with Gasteiger partial charge in [0, 0.05) is 50.1 Å². The van der Waals surface area contributed by atoms with Crippen molar-refractivity contribution in [2.24, 2.45) is 0 Å². The predicted octanol–water partition coefficient (Wildman–Crippen LogP) is 2.95. The first-order valence-electron chi connectivity index (χ1n) is 10.6. The van der Waals surface area contributed by atoms with Gasteiger partial charge in [-0.05, 0) is 48.5 Å². The number of hydrogen-bond acceptors (Lipinski definition) is 3. The van der Waals surface area contributed by atoms with Crippen LogP contribution in [0.1, 0.15) is 16.8 Å². The Bertz CT molecular complexity index is 863. The zero-order valence-electron chi connectivity index (χ0n) is 17.4. The highest BCUT2D eigenvalue weighted by Gasteiger charge is 2.37. The van der Waals surface area contributed by atoms with Gasteiger partial charge >= 0.3 is 0 Å². The van der Waals surface area contributed by atoms with Gasteiger partial charge in [0.15, 0.2) is 0 Å². The van der Waals surface area contributed by atoms with E-state index in [2.05, 4.69) is 39.9 Å². The van der Waals surface area contributed by atoms with Crippen molar-refractivity contribution in [1.82, 2.24) is 9.80 Å². The molecule has 0 atom stereocenters. The standard InChI is InChI=1S/C23H30FN3OSi/c1-29(2)18-27(23(28)21-6-3-4-7-22(21)29)13-5-12-25-14-16-26(17-15-25)20-10-8-19(24)9-11-20/h3-4,6-11H,5,12-18H2,1-2H3. The second-order valence-corrected chi connectivity index (χ2v) is 13.4. The summed E-state index contributed by atoms with van der Waals surface area (Å²) in [6.07, 6.45) is 1.93. The lowest BCUT2D eigenvalue weighted by molar-refractivity contribution is 0.0769. The van der Waals surface area contributed by atoms with Crippen LogP contribution in [-0.4, -0.2) is 69.2 Å². The SMILES string of the molecule is C[Si]1(C)CN(CCCN2CCN(c3ccc(F)cc3)CC2)C(=O)c2ccccc21. The quantitative estimate of drug-likeness (QED) is 0.708. The lowest BCUT2D eigenvalue weighted by atomic mass is 10.2. The van der Waals surface area contributed by atoms with Crippen LogP contribution in [0, 0.1) is 5.82 Å². The number of halogens is 1. The van der Waals surface area contributed by atoms with E-state index in [0.717, 1.165) is 63.1 Å². The minimum Gasteiger partial charge on any atom is -0.369 e. The van der Waals surface area contributed by atoms with E-state index in [0.29, 0.717) is 0 Å². The van der Waals surface area contributed by atoms with Gasteiger partial charge < -0.3 is 9.80 Å². The van der Waals surface area contributed by atoms with E-state index in [9.17, 15) is 9.18 Å². The predicted molar refractivity (Wildman–Crippen MR) is 119 cm³/mol. The Balaban J connectivity index is 1.27. The molecule has 1 fully saturated rings. The highest BCUT2D eigenvalue weighted by molar-refractivity contribution is 6.91. The Hall–Kier alpha value is -2.18. The minimum absolute atomic E-state index is 0.187. The molecule has 4 rings (SSSR count). The van der Waals surface area contributed by atoms with Gasteiger partial charge in [-0.1, -0.05) is 31.3 Å². The van der Waals surface area contributed by atoms with Gasteiger partial charge in [0.1, 0.15) is 13.9 Å². The van der Waals surface area contributed by atoms with Gasteiger partial charge in [-0.15, -0.1) is 0 Å². The largest absolute Gasteiger partial charge is 0.369 e. The molecule has 4 nitrogen and oxygen atoms in total. The zero-order chi connectivity index (χ0) is 20.4. The summed E-state index contributed by atoms with van der Waals surface area (Å²) in [6.45, 7) is 10.5. The Morgan fingerprint density at radius 2 is 1.62 bits per heavy atom. The molecule has 2 aliphatic heterocycles. The molecule has 1 saturated heterocycles. The van der Waals surface area contributed by atoms with Crippen LogP contribution in [0.3, 0.4) is 0 Å². The van der Waals surface area contributed by atoms with Crippen molar-refractivity contribution in [3.8, 4) is 0 Å². The maximum atomic E-state index is 13.1. The average molecular weight is 412 g/mol. The van der Waals surface area contributed by atoms with Gasteiger partial charge in [-0.2, -0.15) is 0 Å². The first-order chi connectivity index (χ1) is 13.9. The first-order valence-corrected chi connectivity index (χ1v) is 13.8. The van der Waals surface area contributed by atoms with Crippen molar-refractivity contribution < 1.29 is 9.18 Å². The average Bonchev–Trinajstić information content (AvgIpc) is 2.73. The van der Waals surface area contributed by atoms with Crippen molar-refractivity contribution in [2.45, 2.75) is 19.5 Å². The van der Waals surface area contributed by atoms with E-state index in [-0.39, 0.29) is 11.7 Å². The second kappa shape index (κ2) is 8.28. The molecule has 2 aliphatic rings. The molecule has 0 saturated carbocycles. The molecule has 0 radical (unpaired) electrons. The van der Waals surface area contributed by atoms with Gasteiger partial charge in [-0.25, -0.2) is 4.39 Å². The maximum absolute atomic E-state index is 13.1.